The number of fused-ring (bicyclic) bond motifs is 2. The van der Waals surface area contributed by atoms with E-state index in [0.717, 1.165) is 77.2 Å². The molecule has 10 nitrogen and oxygen atoms in total. The van der Waals surface area contributed by atoms with Gasteiger partial charge in [-0.2, -0.15) is 10.2 Å². The van der Waals surface area contributed by atoms with Crippen LogP contribution in [0.2, 0.25) is 0 Å². The highest BCUT2D eigenvalue weighted by Gasteiger charge is 2.15. The molecule has 0 aliphatic heterocycles. The molecule has 0 saturated carbocycles. The summed E-state index contributed by atoms with van der Waals surface area (Å²) < 4.78 is 7.70. The lowest BCUT2D eigenvalue weighted by Gasteiger charge is -2.09. The molecule has 5 aromatic carbocycles. The highest BCUT2D eigenvalue weighted by atomic mass is 79.9. The van der Waals surface area contributed by atoms with E-state index in [1.807, 2.05) is 105 Å². The molecular weight excluding hydrogens is 800 g/mol. The van der Waals surface area contributed by atoms with Crippen LogP contribution in [0.3, 0.4) is 0 Å². The van der Waals surface area contributed by atoms with Crippen molar-refractivity contribution in [2.75, 3.05) is 10.6 Å². The van der Waals surface area contributed by atoms with Gasteiger partial charge in [0.05, 0.1) is 11.0 Å². The third-order valence-electron chi connectivity index (χ3n) is 8.36. The van der Waals surface area contributed by atoms with Crippen LogP contribution in [0.15, 0.2) is 112 Å². The smallest absolute Gasteiger partial charge is 0.225 e. The molecule has 7 aromatic rings. The fourth-order valence-electron chi connectivity index (χ4n) is 5.66. The molecule has 0 radical (unpaired) electrons. The summed E-state index contributed by atoms with van der Waals surface area (Å²) in [6, 6.07) is 33.0. The fourth-order valence-corrected chi connectivity index (χ4v) is 6.81. The number of hydrogen-bond acceptors (Lipinski definition) is 6. The van der Waals surface area contributed by atoms with Gasteiger partial charge in [-0.15, -0.1) is 0 Å². The summed E-state index contributed by atoms with van der Waals surface area (Å²) in [4.78, 5) is 23.7. The number of aromatic hydroxyl groups is 1. The number of carbonyl (C=O) groups excluding carboxylic acids is 2. The Morgan fingerprint density at radius 1 is 0.679 bits per heavy atom. The van der Waals surface area contributed by atoms with E-state index in [0.29, 0.717) is 31.1 Å². The van der Waals surface area contributed by atoms with Crippen LogP contribution in [-0.4, -0.2) is 37.3 Å². The van der Waals surface area contributed by atoms with Crippen LogP contribution in [0.1, 0.15) is 45.1 Å². The van der Waals surface area contributed by atoms with Gasteiger partial charge >= 0.3 is 0 Å². The Hall–Kier alpha value is -5.46. The predicted molar refractivity (Wildman–Crippen MR) is 218 cm³/mol. The maximum absolute atomic E-state index is 11.9. The predicted octanol–water partition coefficient (Wildman–Crippen LogP) is 10.7. The number of nitrogens with zero attached hydrogens (tertiary/aromatic N) is 2. The minimum Gasteiger partial charge on any atom is -0.508 e. The van der Waals surface area contributed by atoms with Gasteiger partial charge in [-0.05, 0) is 89.2 Å². The molecule has 0 spiro atoms. The molecule has 0 fully saturated rings. The van der Waals surface area contributed by atoms with E-state index in [1.54, 1.807) is 12.1 Å². The molecule has 12 heteroatoms. The molecule has 0 unspecified atom stereocenters. The van der Waals surface area contributed by atoms with Gasteiger partial charge < -0.3 is 20.5 Å². The van der Waals surface area contributed by atoms with Crippen LogP contribution in [0.4, 0.5) is 11.6 Å². The zero-order valence-corrected chi connectivity index (χ0v) is 32.3. The van der Waals surface area contributed by atoms with Crippen molar-refractivity contribution in [3.05, 3.63) is 118 Å². The number of hydrogen-bond donors (Lipinski definition) is 5. The van der Waals surface area contributed by atoms with Crippen molar-refractivity contribution in [2.45, 2.75) is 46.1 Å². The summed E-state index contributed by atoms with van der Waals surface area (Å²) in [6.07, 6.45) is 2.55. The van der Waals surface area contributed by atoms with Gasteiger partial charge in [-0.1, -0.05) is 100 Å². The average molecular weight is 839 g/mol. The number of ether oxygens (including phenoxy) is 1. The number of phenols is 1. The molecule has 7 rings (SSSR count). The quantitative estimate of drug-likeness (QED) is 0.0877. The first-order chi connectivity index (χ1) is 25.7. The van der Waals surface area contributed by atoms with Crippen molar-refractivity contribution in [2.24, 2.45) is 0 Å². The molecule has 0 atom stereocenters. The van der Waals surface area contributed by atoms with Gasteiger partial charge in [0.2, 0.25) is 11.8 Å². The molecule has 2 aromatic heterocycles. The number of aromatic nitrogens is 4. The molecular formula is C41H38Br2N6O4. The SMILES string of the molecule is CCCC(=O)Nc1n[nH]c2cc(-c3ccc(O)cc3)c(Br)cc12.CCCC(=O)Nc1n[nH]c2cc(-c3ccc(OCc4ccccc4)cc3)c(Br)cc12. The van der Waals surface area contributed by atoms with E-state index in [-0.39, 0.29) is 17.6 Å². The Kier molecular flexibility index (Phi) is 12.2. The number of phenolic OH excluding ortho intramolecular Hbond substituents is 1. The summed E-state index contributed by atoms with van der Waals surface area (Å²) >= 11 is 7.24. The number of H-pyrrole nitrogens is 2. The van der Waals surface area contributed by atoms with Crippen LogP contribution >= 0.6 is 31.9 Å². The normalized spacial score (nSPS) is 10.9. The molecule has 5 N–H and O–H groups in total. The zero-order chi connectivity index (χ0) is 37.3. The molecule has 0 bridgehead atoms. The summed E-state index contributed by atoms with van der Waals surface area (Å²) in [6.45, 7) is 4.47. The average Bonchev–Trinajstić information content (AvgIpc) is 3.73. The Balaban J connectivity index is 0.000000188. The summed E-state index contributed by atoms with van der Waals surface area (Å²) in [7, 11) is 0. The van der Waals surface area contributed by atoms with Crippen LogP contribution in [0, 0.1) is 0 Å². The third-order valence-corrected chi connectivity index (χ3v) is 9.67. The molecule has 270 valence electrons. The van der Waals surface area contributed by atoms with Gasteiger partial charge in [0.25, 0.3) is 0 Å². The van der Waals surface area contributed by atoms with Crippen molar-refractivity contribution in [3.8, 4) is 33.8 Å². The lowest BCUT2D eigenvalue weighted by Crippen LogP contribution is -2.11. The minimum absolute atomic E-state index is 0.0304. The number of carbonyl (C=O) groups is 2. The number of benzene rings is 5. The number of anilines is 2. The molecule has 53 heavy (non-hydrogen) atoms. The molecule has 2 amide bonds. The van der Waals surface area contributed by atoms with E-state index < -0.39 is 0 Å². The first-order valence-electron chi connectivity index (χ1n) is 17.2. The number of aromatic amines is 2. The first kappa shape index (κ1) is 37.3. The van der Waals surface area contributed by atoms with Crippen LogP contribution in [0.25, 0.3) is 44.1 Å². The van der Waals surface area contributed by atoms with Gasteiger partial charge in [0.15, 0.2) is 11.6 Å². The Morgan fingerprint density at radius 3 is 1.62 bits per heavy atom. The molecule has 2 heterocycles. The second-order valence-corrected chi connectivity index (χ2v) is 14.1. The van der Waals surface area contributed by atoms with Crippen molar-refractivity contribution in [1.82, 2.24) is 20.4 Å². The fraction of sp³-hybridized carbons (Fsp3) is 0.171. The molecule has 0 aliphatic carbocycles. The molecule has 0 saturated heterocycles. The number of nitrogens with one attached hydrogen (secondary N) is 4. The topological polar surface area (TPSA) is 145 Å². The van der Waals surface area contributed by atoms with Crippen molar-refractivity contribution in [1.29, 1.82) is 0 Å². The lowest BCUT2D eigenvalue weighted by molar-refractivity contribution is -0.117. The summed E-state index contributed by atoms with van der Waals surface area (Å²) in [5.74, 6) is 2.07. The number of rotatable bonds is 11. The second kappa shape index (κ2) is 17.4. The van der Waals surface area contributed by atoms with E-state index in [2.05, 4.69) is 62.9 Å². The van der Waals surface area contributed by atoms with E-state index in [1.165, 1.54) is 0 Å². The zero-order valence-electron chi connectivity index (χ0n) is 29.2. The van der Waals surface area contributed by atoms with Crippen LogP contribution < -0.4 is 15.4 Å². The van der Waals surface area contributed by atoms with Crippen molar-refractivity contribution < 1.29 is 19.4 Å². The number of halogens is 2. The van der Waals surface area contributed by atoms with Crippen molar-refractivity contribution in [3.63, 3.8) is 0 Å². The maximum Gasteiger partial charge on any atom is 0.225 e. The van der Waals surface area contributed by atoms with Gasteiger partial charge in [-0.25, -0.2) is 0 Å². The highest BCUT2D eigenvalue weighted by Crippen LogP contribution is 2.36. The highest BCUT2D eigenvalue weighted by molar-refractivity contribution is 9.11. The Labute approximate surface area is 323 Å². The largest absolute Gasteiger partial charge is 0.508 e. The summed E-state index contributed by atoms with van der Waals surface area (Å²) in [5.41, 5.74) is 6.88. The van der Waals surface area contributed by atoms with Crippen LogP contribution in [-0.2, 0) is 16.2 Å². The minimum atomic E-state index is -0.0420. The van der Waals surface area contributed by atoms with Crippen LogP contribution in [0.5, 0.6) is 11.5 Å². The van der Waals surface area contributed by atoms with E-state index >= 15 is 0 Å². The standard InChI is InChI=1S/C24H22BrN3O2.C17H16BrN3O2/c1-2-6-23(29)26-24-20-13-21(25)19(14-22(20)27-28-24)17-9-11-18(12-10-17)30-15-16-7-4-3-5-8-16;1-2-3-16(23)19-17-13-8-14(18)12(9-15(13)20-21-17)10-4-6-11(22)7-5-10/h3-5,7-14H,2,6,15H2,1H3,(H2,26,27,28,29);4-9,22H,2-3H2,1H3,(H2,19,20,21,23). The van der Waals surface area contributed by atoms with Gasteiger partial charge in [-0.3, -0.25) is 19.8 Å². The lowest BCUT2D eigenvalue weighted by atomic mass is 10.0. The van der Waals surface area contributed by atoms with E-state index in [4.69, 9.17) is 4.74 Å². The summed E-state index contributed by atoms with van der Waals surface area (Å²) in [5, 5.41) is 31.2. The van der Waals surface area contributed by atoms with Gasteiger partial charge in [0, 0.05) is 32.6 Å². The second-order valence-electron chi connectivity index (χ2n) is 12.3. The molecule has 0 aliphatic rings. The number of amides is 2. The Morgan fingerprint density at radius 2 is 1.15 bits per heavy atom. The van der Waals surface area contributed by atoms with Gasteiger partial charge in [0.1, 0.15) is 18.1 Å². The monoisotopic (exact) mass is 836 g/mol. The first-order valence-corrected chi connectivity index (χ1v) is 18.8. The Bertz CT molecular complexity index is 2340. The van der Waals surface area contributed by atoms with Crippen molar-refractivity contribution >= 4 is 77.1 Å². The maximum atomic E-state index is 11.9. The third kappa shape index (κ3) is 9.32. The van der Waals surface area contributed by atoms with E-state index in [9.17, 15) is 14.7 Å².